The average molecular weight is 254 g/mol. The summed E-state index contributed by atoms with van der Waals surface area (Å²) in [6, 6.07) is 0. The summed E-state index contributed by atoms with van der Waals surface area (Å²) in [6.45, 7) is 2.11. The van der Waals surface area contributed by atoms with Crippen LogP contribution in [-0.2, 0) is 23.9 Å². The molecule has 5 nitrogen and oxygen atoms in total. The van der Waals surface area contributed by atoms with Gasteiger partial charge in [0.25, 0.3) is 0 Å². The maximum Gasteiger partial charge on any atom is 0.334 e. The van der Waals surface area contributed by atoms with E-state index >= 15 is 0 Å². The molecule has 18 heavy (non-hydrogen) atoms. The van der Waals surface area contributed by atoms with E-state index in [1.807, 2.05) is 0 Å². The van der Waals surface area contributed by atoms with Crippen molar-refractivity contribution in [3.8, 4) is 0 Å². The van der Waals surface area contributed by atoms with E-state index in [1.54, 1.807) is 0 Å². The third-order valence-corrected chi connectivity index (χ3v) is 2.59. The molecule has 1 aliphatic heterocycles. The standard InChI is InChI=1S/C13H18O5/c1-2-3-4-5-6-7-10(14)13-17-11(15)8-9-12(16)18-13/h8-9,13H,2-7H2,1H3. The van der Waals surface area contributed by atoms with Gasteiger partial charge in [0.15, 0.2) is 0 Å². The van der Waals surface area contributed by atoms with Crippen LogP contribution in [0.5, 0.6) is 0 Å². The lowest BCUT2D eigenvalue weighted by Gasteiger charge is -2.13. The van der Waals surface area contributed by atoms with E-state index in [2.05, 4.69) is 6.92 Å². The van der Waals surface area contributed by atoms with Gasteiger partial charge in [-0.3, -0.25) is 4.79 Å². The molecule has 0 spiro atoms. The Labute approximate surface area is 106 Å². The minimum Gasteiger partial charge on any atom is -0.414 e. The third-order valence-electron chi connectivity index (χ3n) is 2.59. The maximum atomic E-state index is 11.7. The van der Waals surface area contributed by atoms with Crippen molar-refractivity contribution in [2.75, 3.05) is 0 Å². The van der Waals surface area contributed by atoms with Crippen molar-refractivity contribution in [3.63, 3.8) is 0 Å². The molecule has 0 atom stereocenters. The number of hydrogen-bond acceptors (Lipinski definition) is 5. The number of rotatable bonds is 7. The smallest absolute Gasteiger partial charge is 0.334 e. The van der Waals surface area contributed by atoms with E-state index in [0.29, 0.717) is 0 Å². The highest BCUT2D eigenvalue weighted by molar-refractivity contribution is 5.96. The van der Waals surface area contributed by atoms with Crippen molar-refractivity contribution in [2.24, 2.45) is 0 Å². The summed E-state index contributed by atoms with van der Waals surface area (Å²) in [6.07, 6.45) is 5.82. The molecule has 0 aromatic carbocycles. The van der Waals surface area contributed by atoms with Gasteiger partial charge in [-0.2, -0.15) is 0 Å². The van der Waals surface area contributed by atoms with Gasteiger partial charge in [-0.25, -0.2) is 9.59 Å². The number of ketones is 1. The fourth-order valence-corrected chi connectivity index (χ4v) is 1.60. The highest BCUT2D eigenvalue weighted by atomic mass is 16.7. The van der Waals surface area contributed by atoms with Crippen LogP contribution in [0.1, 0.15) is 45.4 Å². The second kappa shape index (κ2) is 7.63. The number of carbonyl (C=O) groups is 3. The first kappa shape index (κ1) is 14.4. The van der Waals surface area contributed by atoms with E-state index in [0.717, 1.165) is 44.3 Å². The van der Waals surface area contributed by atoms with Crippen LogP contribution < -0.4 is 0 Å². The molecule has 0 radical (unpaired) electrons. The van der Waals surface area contributed by atoms with Gasteiger partial charge in [-0.15, -0.1) is 0 Å². The molecule has 5 heteroatoms. The molecule has 100 valence electrons. The number of ether oxygens (including phenoxy) is 2. The maximum absolute atomic E-state index is 11.7. The molecule has 0 bridgehead atoms. The Bertz CT molecular complexity index is 325. The van der Waals surface area contributed by atoms with Gasteiger partial charge < -0.3 is 9.47 Å². The Morgan fingerprint density at radius 3 is 2.17 bits per heavy atom. The lowest BCUT2D eigenvalue weighted by molar-refractivity contribution is -0.184. The summed E-state index contributed by atoms with van der Waals surface area (Å²) in [5.41, 5.74) is 0. The summed E-state index contributed by atoms with van der Waals surface area (Å²) in [7, 11) is 0. The average Bonchev–Trinajstić information content (AvgIpc) is 2.51. The molecule has 0 saturated heterocycles. The summed E-state index contributed by atoms with van der Waals surface area (Å²) in [5.74, 6) is -1.83. The Morgan fingerprint density at radius 2 is 1.61 bits per heavy atom. The first-order valence-electron chi connectivity index (χ1n) is 6.25. The van der Waals surface area contributed by atoms with Gasteiger partial charge in [-0.05, 0) is 6.42 Å². The molecule has 0 aromatic heterocycles. The highest BCUT2D eigenvalue weighted by Crippen LogP contribution is 2.11. The molecule has 0 aliphatic carbocycles. The molecule has 0 N–H and O–H groups in total. The fourth-order valence-electron chi connectivity index (χ4n) is 1.60. The molecule has 1 rings (SSSR count). The van der Waals surface area contributed by atoms with Crippen LogP contribution in [0.3, 0.4) is 0 Å². The topological polar surface area (TPSA) is 69.7 Å². The van der Waals surface area contributed by atoms with Crippen molar-refractivity contribution in [1.82, 2.24) is 0 Å². The van der Waals surface area contributed by atoms with E-state index in [1.165, 1.54) is 0 Å². The van der Waals surface area contributed by atoms with Gasteiger partial charge in [0.1, 0.15) is 0 Å². The summed E-state index contributed by atoms with van der Waals surface area (Å²) < 4.78 is 9.41. The summed E-state index contributed by atoms with van der Waals surface area (Å²) in [5, 5.41) is 0. The number of carbonyl (C=O) groups excluding carboxylic acids is 3. The number of hydrogen-bond donors (Lipinski definition) is 0. The number of Topliss-reactive ketones (excluding diaryl/α,β-unsaturated/α-hetero) is 1. The zero-order valence-electron chi connectivity index (χ0n) is 10.5. The highest BCUT2D eigenvalue weighted by Gasteiger charge is 2.27. The monoisotopic (exact) mass is 254 g/mol. The number of esters is 2. The van der Waals surface area contributed by atoms with Crippen LogP contribution >= 0.6 is 0 Å². The van der Waals surface area contributed by atoms with Crippen LogP contribution in [0, 0.1) is 0 Å². The quantitative estimate of drug-likeness (QED) is 0.512. The van der Waals surface area contributed by atoms with Crippen molar-refractivity contribution < 1.29 is 23.9 Å². The van der Waals surface area contributed by atoms with E-state index in [4.69, 9.17) is 9.47 Å². The van der Waals surface area contributed by atoms with Crippen molar-refractivity contribution >= 4 is 17.7 Å². The normalized spacial score (nSPS) is 16.1. The Hall–Kier alpha value is -1.65. The molecule has 0 saturated carbocycles. The van der Waals surface area contributed by atoms with Crippen molar-refractivity contribution in [2.45, 2.75) is 51.7 Å². The van der Waals surface area contributed by atoms with Gasteiger partial charge in [0.2, 0.25) is 5.78 Å². The Balaban J connectivity index is 2.32. The Morgan fingerprint density at radius 1 is 1.06 bits per heavy atom. The molecule has 0 amide bonds. The lowest BCUT2D eigenvalue weighted by Crippen LogP contribution is -2.29. The van der Waals surface area contributed by atoms with Gasteiger partial charge in [0, 0.05) is 18.6 Å². The fraction of sp³-hybridized carbons (Fsp3) is 0.615. The van der Waals surface area contributed by atoms with Gasteiger partial charge in [-0.1, -0.05) is 32.6 Å². The molecule has 1 aliphatic rings. The van der Waals surface area contributed by atoms with E-state index in [-0.39, 0.29) is 12.2 Å². The van der Waals surface area contributed by atoms with Gasteiger partial charge >= 0.3 is 18.2 Å². The van der Waals surface area contributed by atoms with Crippen LogP contribution in [0.2, 0.25) is 0 Å². The molecular weight excluding hydrogens is 236 g/mol. The van der Waals surface area contributed by atoms with Crippen molar-refractivity contribution in [1.29, 1.82) is 0 Å². The third kappa shape index (κ3) is 5.12. The minimum absolute atomic E-state index is 0.259. The minimum atomic E-state index is -1.38. The van der Waals surface area contributed by atoms with E-state index < -0.39 is 18.2 Å². The molecular formula is C13H18O5. The number of cyclic esters (lactones) is 2. The SMILES string of the molecule is CCCCCCCC(=O)C1OC(=O)C=CC(=O)O1. The molecule has 0 aromatic rings. The second-order valence-electron chi connectivity index (χ2n) is 4.17. The predicted octanol–water partition coefficient (Wildman–Crippen LogP) is 1.90. The first-order chi connectivity index (χ1) is 8.63. The van der Waals surface area contributed by atoms with Crippen LogP contribution in [0.25, 0.3) is 0 Å². The predicted molar refractivity (Wildman–Crippen MR) is 63.5 cm³/mol. The second-order valence-corrected chi connectivity index (χ2v) is 4.17. The zero-order chi connectivity index (χ0) is 13.4. The summed E-state index contributed by atoms with van der Waals surface area (Å²) in [4.78, 5) is 33.8. The van der Waals surface area contributed by atoms with Crippen LogP contribution in [0.4, 0.5) is 0 Å². The largest absolute Gasteiger partial charge is 0.414 e. The summed E-state index contributed by atoms with van der Waals surface area (Å²) >= 11 is 0. The Kier molecular flexibility index (Phi) is 6.11. The van der Waals surface area contributed by atoms with E-state index in [9.17, 15) is 14.4 Å². The molecule has 0 unspecified atom stereocenters. The van der Waals surface area contributed by atoms with Crippen LogP contribution in [0.15, 0.2) is 12.2 Å². The number of unbranched alkanes of at least 4 members (excludes halogenated alkanes) is 4. The lowest BCUT2D eigenvalue weighted by atomic mass is 10.1. The van der Waals surface area contributed by atoms with Crippen LogP contribution in [-0.4, -0.2) is 24.0 Å². The molecule has 0 fully saturated rings. The van der Waals surface area contributed by atoms with Gasteiger partial charge in [0.05, 0.1) is 0 Å². The first-order valence-corrected chi connectivity index (χ1v) is 6.25. The zero-order valence-corrected chi connectivity index (χ0v) is 10.5. The van der Waals surface area contributed by atoms with Crippen molar-refractivity contribution in [3.05, 3.63) is 12.2 Å². The molecule has 1 heterocycles.